The van der Waals surface area contributed by atoms with E-state index in [0.717, 1.165) is 15.2 Å². The molecule has 0 fully saturated rings. The summed E-state index contributed by atoms with van der Waals surface area (Å²) >= 11 is 6.54. The van der Waals surface area contributed by atoms with E-state index >= 15 is 0 Å². The highest BCUT2D eigenvalue weighted by Crippen LogP contribution is 2.25. The standard InChI is InChI=1S/C12H14N2O2S2/c1-3-4-16-12(15)14-6-9(5-8(14)2)10-7-18-11(17)13-10/h3,5,7-8H,1,4,6H2,2H3,(H,13,17)/t8-/m1/s1. The molecule has 0 aliphatic carbocycles. The Balaban J connectivity index is 2.07. The highest BCUT2D eigenvalue weighted by molar-refractivity contribution is 7.73. The SMILES string of the molecule is C=CCOC(=O)N1CC(c2csc(=S)[nH]2)=C[C@H]1C. The minimum absolute atomic E-state index is 0.0270. The van der Waals surface area contributed by atoms with Crippen LogP contribution in [0, 0.1) is 3.95 Å². The van der Waals surface area contributed by atoms with Crippen molar-refractivity contribution in [2.24, 2.45) is 0 Å². The maximum atomic E-state index is 11.8. The molecule has 0 radical (unpaired) electrons. The van der Waals surface area contributed by atoms with Crippen LogP contribution in [0.5, 0.6) is 0 Å². The average molecular weight is 282 g/mol. The summed E-state index contributed by atoms with van der Waals surface area (Å²) in [7, 11) is 0. The maximum absolute atomic E-state index is 11.8. The van der Waals surface area contributed by atoms with E-state index in [9.17, 15) is 4.79 Å². The second-order valence-corrected chi connectivity index (χ2v) is 5.53. The second-order valence-electron chi connectivity index (χ2n) is 3.99. The van der Waals surface area contributed by atoms with Gasteiger partial charge in [-0.3, -0.25) is 4.90 Å². The lowest BCUT2D eigenvalue weighted by Gasteiger charge is -2.20. The molecule has 0 bridgehead atoms. The number of thiazole rings is 1. The summed E-state index contributed by atoms with van der Waals surface area (Å²) in [6.07, 6.45) is 3.29. The molecule has 1 aromatic rings. The molecule has 1 aliphatic rings. The first-order chi connectivity index (χ1) is 8.61. The summed E-state index contributed by atoms with van der Waals surface area (Å²) in [5.74, 6) is 0. The van der Waals surface area contributed by atoms with Crippen molar-refractivity contribution in [2.45, 2.75) is 13.0 Å². The van der Waals surface area contributed by atoms with E-state index in [0.29, 0.717) is 6.54 Å². The number of aromatic nitrogens is 1. The van der Waals surface area contributed by atoms with Crippen LogP contribution in [0.15, 0.2) is 24.1 Å². The molecule has 0 spiro atoms. The fourth-order valence-corrected chi connectivity index (χ4v) is 2.68. The number of carbonyl (C=O) groups is 1. The van der Waals surface area contributed by atoms with Gasteiger partial charge in [-0.2, -0.15) is 0 Å². The van der Waals surface area contributed by atoms with Gasteiger partial charge in [0.15, 0.2) is 3.95 Å². The lowest BCUT2D eigenvalue weighted by Crippen LogP contribution is -2.35. The molecule has 1 aliphatic heterocycles. The van der Waals surface area contributed by atoms with E-state index in [1.165, 1.54) is 11.3 Å². The van der Waals surface area contributed by atoms with Crippen molar-refractivity contribution >= 4 is 35.2 Å². The summed E-state index contributed by atoms with van der Waals surface area (Å²) in [5, 5.41) is 1.97. The van der Waals surface area contributed by atoms with E-state index in [2.05, 4.69) is 11.6 Å². The van der Waals surface area contributed by atoms with Crippen molar-refractivity contribution in [1.29, 1.82) is 0 Å². The van der Waals surface area contributed by atoms with Gasteiger partial charge in [-0.25, -0.2) is 4.79 Å². The fourth-order valence-electron chi connectivity index (χ4n) is 1.82. The summed E-state index contributed by atoms with van der Waals surface area (Å²) in [5.41, 5.74) is 2.06. The third-order valence-electron chi connectivity index (χ3n) is 2.70. The van der Waals surface area contributed by atoms with Crippen LogP contribution in [0.3, 0.4) is 0 Å². The third-order valence-corrected chi connectivity index (χ3v) is 3.76. The number of nitrogens with zero attached hydrogens (tertiary/aromatic N) is 1. The van der Waals surface area contributed by atoms with Crippen molar-refractivity contribution < 1.29 is 9.53 Å². The molecule has 2 rings (SSSR count). The van der Waals surface area contributed by atoms with E-state index in [4.69, 9.17) is 17.0 Å². The first-order valence-electron chi connectivity index (χ1n) is 5.55. The normalized spacial score (nSPS) is 18.6. The molecule has 1 aromatic heterocycles. The Morgan fingerprint density at radius 2 is 2.61 bits per heavy atom. The molecule has 0 saturated carbocycles. The van der Waals surface area contributed by atoms with Gasteiger partial charge in [0.05, 0.1) is 18.3 Å². The van der Waals surface area contributed by atoms with E-state index in [1.54, 1.807) is 11.0 Å². The first kappa shape index (κ1) is 13.0. The summed E-state index contributed by atoms with van der Waals surface area (Å²) < 4.78 is 5.78. The molecular weight excluding hydrogens is 268 g/mol. The Morgan fingerprint density at radius 3 is 3.22 bits per heavy atom. The maximum Gasteiger partial charge on any atom is 0.410 e. The Kier molecular flexibility index (Phi) is 3.98. The largest absolute Gasteiger partial charge is 0.445 e. The minimum Gasteiger partial charge on any atom is -0.445 e. The number of aromatic amines is 1. The van der Waals surface area contributed by atoms with Crippen molar-refractivity contribution in [3.8, 4) is 0 Å². The zero-order valence-corrected chi connectivity index (χ0v) is 11.6. The third kappa shape index (κ3) is 2.70. The van der Waals surface area contributed by atoms with Gasteiger partial charge in [0.2, 0.25) is 0 Å². The van der Waals surface area contributed by atoms with E-state index < -0.39 is 0 Å². The van der Waals surface area contributed by atoms with Crippen molar-refractivity contribution in [3.05, 3.63) is 33.8 Å². The predicted octanol–water partition coefficient (Wildman–Crippen LogP) is 3.22. The molecule has 0 aromatic carbocycles. The van der Waals surface area contributed by atoms with Gasteiger partial charge in [0.1, 0.15) is 6.61 Å². The molecule has 18 heavy (non-hydrogen) atoms. The van der Waals surface area contributed by atoms with Crippen molar-refractivity contribution in [3.63, 3.8) is 0 Å². The molecular formula is C12H14N2O2S2. The van der Waals surface area contributed by atoms with Gasteiger partial charge in [-0.1, -0.05) is 18.7 Å². The molecule has 0 saturated heterocycles. The number of carbonyl (C=O) groups excluding carboxylic acids is 1. The molecule has 2 heterocycles. The van der Waals surface area contributed by atoms with Crippen LogP contribution in [0.4, 0.5) is 4.79 Å². The minimum atomic E-state index is -0.317. The quantitative estimate of drug-likeness (QED) is 0.684. The molecule has 96 valence electrons. The Labute approximate surface area is 115 Å². The highest BCUT2D eigenvalue weighted by Gasteiger charge is 2.27. The Bertz CT molecular complexity index is 544. The van der Waals surface area contributed by atoms with Gasteiger partial charge < -0.3 is 9.72 Å². The van der Waals surface area contributed by atoms with Crippen LogP contribution in [0.25, 0.3) is 5.57 Å². The Hall–Kier alpha value is -1.40. The van der Waals surface area contributed by atoms with Gasteiger partial charge in [-0.15, -0.1) is 11.3 Å². The molecule has 0 unspecified atom stereocenters. The van der Waals surface area contributed by atoms with Crippen LogP contribution in [0.1, 0.15) is 12.6 Å². The smallest absolute Gasteiger partial charge is 0.410 e. The van der Waals surface area contributed by atoms with Gasteiger partial charge in [-0.05, 0) is 24.7 Å². The first-order valence-corrected chi connectivity index (χ1v) is 6.83. The van der Waals surface area contributed by atoms with Crippen molar-refractivity contribution in [1.82, 2.24) is 9.88 Å². The summed E-state index contributed by atoms with van der Waals surface area (Å²) in [4.78, 5) is 16.6. The monoisotopic (exact) mass is 282 g/mol. The van der Waals surface area contributed by atoms with Crippen LogP contribution in [-0.4, -0.2) is 35.2 Å². The number of ether oxygens (including phenoxy) is 1. The number of nitrogens with one attached hydrogen (secondary N) is 1. The molecule has 1 amide bonds. The fraction of sp³-hybridized carbons (Fsp3) is 0.333. The summed E-state index contributed by atoms with van der Waals surface area (Å²) in [6.45, 7) is 6.26. The Morgan fingerprint density at radius 1 is 1.83 bits per heavy atom. The van der Waals surface area contributed by atoms with Crippen LogP contribution in [-0.2, 0) is 4.74 Å². The number of amides is 1. The number of hydrogen-bond acceptors (Lipinski definition) is 4. The zero-order chi connectivity index (χ0) is 13.1. The van der Waals surface area contributed by atoms with Gasteiger partial charge in [0, 0.05) is 5.38 Å². The van der Waals surface area contributed by atoms with Crippen LogP contribution < -0.4 is 0 Å². The number of rotatable bonds is 3. The summed E-state index contributed by atoms with van der Waals surface area (Å²) in [6, 6.07) is 0.0270. The van der Waals surface area contributed by atoms with Crippen LogP contribution >= 0.6 is 23.6 Å². The molecule has 4 nitrogen and oxygen atoms in total. The topological polar surface area (TPSA) is 45.3 Å². The van der Waals surface area contributed by atoms with E-state index in [1.807, 2.05) is 18.4 Å². The van der Waals surface area contributed by atoms with E-state index in [-0.39, 0.29) is 18.7 Å². The molecule has 6 heteroatoms. The van der Waals surface area contributed by atoms with Crippen molar-refractivity contribution in [2.75, 3.05) is 13.2 Å². The highest BCUT2D eigenvalue weighted by atomic mass is 32.1. The second kappa shape index (κ2) is 5.49. The number of H-pyrrole nitrogens is 1. The predicted molar refractivity (Wildman–Crippen MR) is 75.2 cm³/mol. The lowest BCUT2D eigenvalue weighted by molar-refractivity contribution is 0.114. The molecule has 1 atom stereocenters. The number of hydrogen-bond donors (Lipinski definition) is 1. The van der Waals surface area contributed by atoms with Crippen LogP contribution in [0.2, 0.25) is 0 Å². The molecule has 1 N–H and O–H groups in total. The zero-order valence-electron chi connectivity index (χ0n) is 10.0. The van der Waals surface area contributed by atoms with Gasteiger partial charge in [0.25, 0.3) is 0 Å². The lowest BCUT2D eigenvalue weighted by atomic mass is 10.2. The van der Waals surface area contributed by atoms with Gasteiger partial charge >= 0.3 is 6.09 Å². The average Bonchev–Trinajstić information content (AvgIpc) is 2.92.